The quantitative estimate of drug-likeness (QED) is 0.660. The molecular formula is C22H39N2O+. The maximum atomic E-state index is 13.1. The first-order valence-corrected chi connectivity index (χ1v) is 10.0. The second-order valence-corrected chi connectivity index (χ2v) is 7.55. The summed E-state index contributed by atoms with van der Waals surface area (Å²) in [6.45, 7) is 16.8. The molecule has 1 N–H and O–H groups in total. The van der Waals surface area contributed by atoms with Crippen molar-refractivity contribution in [3.05, 3.63) is 28.8 Å². The molecule has 1 amide bonds. The highest BCUT2D eigenvalue weighted by molar-refractivity contribution is 6.00. The van der Waals surface area contributed by atoms with Crippen molar-refractivity contribution >= 4 is 11.6 Å². The van der Waals surface area contributed by atoms with Gasteiger partial charge in [0.1, 0.15) is 0 Å². The maximum Gasteiger partial charge on any atom is 0.285 e. The number of carbonyl (C=O) groups excluding carboxylic acids is 1. The van der Waals surface area contributed by atoms with E-state index in [2.05, 4.69) is 59.1 Å². The van der Waals surface area contributed by atoms with Crippen molar-refractivity contribution in [2.75, 3.05) is 25.5 Å². The minimum atomic E-state index is -0.215. The molecule has 0 saturated heterocycles. The van der Waals surface area contributed by atoms with E-state index >= 15 is 0 Å². The number of unbranched alkanes of at least 4 members (excludes halogenated alkanes) is 1. The number of hydrogen-bond donors (Lipinski definition) is 1. The molecule has 1 aromatic carbocycles. The van der Waals surface area contributed by atoms with Gasteiger partial charge in [-0.1, -0.05) is 44.9 Å². The van der Waals surface area contributed by atoms with Gasteiger partial charge in [-0.3, -0.25) is 4.79 Å². The molecule has 3 nitrogen and oxygen atoms in total. The molecule has 3 heteroatoms. The second kappa shape index (κ2) is 8.84. The summed E-state index contributed by atoms with van der Waals surface area (Å²) in [5.41, 5.74) is 4.35. The van der Waals surface area contributed by atoms with Crippen molar-refractivity contribution in [3.8, 4) is 0 Å². The molecule has 1 unspecified atom stereocenters. The number of aryl methyl sites for hydroxylation is 3. The van der Waals surface area contributed by atoms with Gasteiger partial charge in [0.15, 0.2) is 5.54 Å². The van der Waals surface area contributed by atoms with E-state index in [0.717, 1.165) is 47.2 Å². The molecule has 0 aromatic heterocycles. The van der Waals surface area contributed by atoms with Crippen LogP contribution in [-0.4, -0.2) is 36.1 Å². The number of rotatable bonds is 7. The van der Waals surface area contributed by atoms with Gasteiger partial charge in [-0.2, -0.15) is 0 Å². The first-order valence-electron chi connectivity index (χ1n) is 10.0. The first kappa shape index (κ1) is 21.7. The van der Waals surface area contributed by atoms with Gasteiger partial charge >= 0.3 is 0 Å². The fourth-order valence-electron chi connectivity index (χ4n) is 3.92. The third kappa shape index (κ3) is 4.44. The van der Waals surface area contributed by atoms with Gasteiger partial charge in [0.05, 0.1) is 20.1 Å². The predicted molar refractivity (Wildman–Crippen MR) is 109 cm³/mol. The minimum absolute atomic E-state index is 0.215. The van der Waals surface area contributed by atoms with Crippen LogP contribution in [0, 0.1) is 20.8 Å². The molecule has 142 valence electrons. The van der Waals surface area contributed by atoms with Crippen molar-refractivity contribution in [1.29, 1.82) is 0 Å². The summed E-state index contributed by atoms with van der Waals surface area (Å²) in [5, 5.41) is 3.27. The fourth-order valence-corrected chi connectivity index (χ4v) is 3.92. The highest BCUT2D eigenvalue weighted by atomic mass is 16.2. The van der Waals surface area contributed by atoms with Gasteiger partial charge in [0.25, 0.3) is 5.91 Å². The van der Waals surface area contributed by atoms with Crippen LogP contribution in [0.2, 0.25) is 0 Å². The largest absolute Gasteiger partial charge is 0.320 e. The van der Waals surface area contributed by atoms with E-state index in [9.17, 15) is 4.79 Å². The Kier molecular flexibility index (Phi) is 7.67. The van der Waals surface area contributed by atoms with E-state index in [1.54, 1.807) is 0 Å². The van der Waals surface area contributed by atoms with Crippen molar-refractivity contribution < 1.29 is 9.28 Å². The van der Waals surface area contributed by atoms with Crippen LogP contribution in [0.4, 0.5) is 5.69 Å². The van der Waals surface area contributed by atoms with Crippen LogP contribution in [0.25, 0.3) is 0 Å². The average molecular weight is 348 g/mol. The monoisotopic (exact) mass is 347 g/mol. The van der Waals surface area contributed by atoms with Crippen molar-refractivity contribution in [2.24, 2.45) is 0 Å². The van der Waals surface area contributed by atoms with Crippen LogP contribution in [-0.2, 0) is 4.79 Å². The summed E-state index contributed by atoms with van der Waals surface area (Å²) in [7, 11) is 2.26. The lowest BCUT2D eigenvalue weighted by Crippen LogP contribution is -2.60. The number of nitrogens with zero attached hydrogens (tertiary/aromatic N) is 1. The highest BCUT2D eigenvalue weighted by Crippen LogP contribution is 2.47. The van der Waals surface area contributed by atoms with Gasteiger partial charge < -0.3 is 9.80 Å². The SMILES string of the molecule is CC.CCCC[N+](C)(CC)C1(C(=O)Nc2c(C)cc(C)cc2C)CC1. The van der Waals surface area contributed by atoms with Gasteiger partial charge in [-0.25, -0.2) is 0 Å². The second-order valence-electron chi connectivity index (χ2n) is 7.55. The van der Waals surface area contributed by atoms with Crippen LogP contribution in [0.5, 0.6) is 0 Å². The number of carbonyl (C=O) groups is 1. The van der Waals surface area contributed by atoms with Gasteiger partial charge in [0, 0.05) is 18.5 Å². The van der Waals surface area contributed by atoms with Crippen LogP contribution in [0.3, 0.4) is 0 Å². The molecule has 1 atom stereocenters. The molecule has 1 aliphatic carbocycles. The van der Waals surface area contributed by atoms with Crippen molar-refractivity contribution in [2.45, 2.75) is 79.7 Å². The van der Waals surface area contributed by atoms with Gasteiger partial charge in [-0.15, -0.1) is 0 Å². The van der Waals surface area contributed by atoms with Gasteiger partial charge in [-0.05, 0) is 45.2 Å². The normalized spacial score (nSPS) is 17.1. The lowest BCUT2D eigenvalue weighted by atomic mass is 10.0. The Hall–Kier alpha value is -1.35. The molecule has 0 heterocycles. The number of nitrogens with one attached hydrogen (secondary N) is 1. The summed E-state index contributed by atoms with van der Waals surface area (Å²) in [6.07, 6.45) is 4.39. The average Bonchev–Trinajstić information content (AvgIpc) is 3.40. The number of hydrogen-bond acceptors (Lipinski definition) is 1. The number of anilines is 1. The molecule has 1 aromatic rings. The van der Waals surface area contributed by atoms with E-state index in [1.165, 1.54) is 18.4 Å². The molecule has 1 fully saturated rings. The van der Waals surface area contributed by atoms with Crippen LogP contribution < -0.4 is 5.32 Å². The Morgan fingerprint density at radius 2 is 1.64 bits per heavy atom. The lowest BCUT2D eigenvalue weighted by Gasteiger charge is -2.41. The third-order valence-corrected chi connectivity index (χ3v) is 5.80. The Bertz CT molecular complexity index is 567. The third-order valence-electron chi connectivity index (χ3n) is 5.80. The maximum absolute atomic E-state index is 13.1. The Morgan fingerprint density at radius 3 is 2.04 bits per heavy atom. The lowest BCUT2D eigenvalue weighted by molar-refractivity contribution is -0.933. The molecular weight excluding hydrogens is 308 g/mol. The number of benzene rings is 1. The van der Waals surface area contributed by atoms with E-state index in [0.29, 0.717) is 0 Å². The Morgan fingerprint density at radius 1 is 1.12 bits per heavy atom. The number of amides is 1. The zero-order valence-electron chi connectivity index (χ0n) is 17.8. The topological polar surface area (TPSA) is 29.1 Å². The number of likely N-dealkylation sites (N-methyl/N-ethyl adjacent to an activating group) is 1. The summed E-state index contributed by atoms with van der Waals surface area (Å²) in [6, 6.07) is 4.29. The zero-order chi connectivity index (χ0) is 19.3. The summed E-state index contributed by atoms with van der Waals surface area (Å²) in [5.74, 6) is 0.216. The molecule has 0 spiro atoms. The smallest absolute Gasteiger partial charge is 0.285 e. The van der Waals surface area contributed by atoms with E-state index in [1.807, 2.05) is 13.8 Å². The standard InChI is InChI=1S/C20H32N2O.C2H6/c1-7-9-12-22(6,8-2)20(10-11-20)19(23)21-18-16(4)13-15(3)14-17(18)5;1-2/h13-14H,7-12H2,1-6H3;1-2H3/p+1. The molecule has 2 rings (SSSR count). The van der Waals surface area contributed by atoms with Gasteiger partial charge in [0.2, 0.25) is 0 Å². The fraction of sp³-hybridized carbons (Fsp3) is 0.682. The molecule has 0 aliphatic heterocycles. The Balaban J connectivity index is 0.00000151. The molecule has 1 saturated carbocycles. The molecule has 1 aliphatic rings. The minimum Gasteiger partial charge on any atom is -0.320 e. The summed E-state index contributed by atoms with van der Waals surface area (Å²) >= 11 is 0. The first-order chi connectivity index (χ1) is 11.8. The zero-order valence-corrected chi connectivity index (χ0v) is 17.8. The Labute approximate surface area is 155 Å². The van der Waals surface area contributed by atoms with Crippen molar-refractivity contribution in [1.82, 2.24) is 0 Å². The summed E-state index contributed by atoms with van der Waals surface area (Å²) < 4.78 is 0.872. The van der Waals surface area contributed by atoms with Crippen LogP contribution in [0.1, 0.15) is 70.1 Å². The summed E-state index contributed by atoms with van der Waals surface area (Å²) in [4.78, 5) is 13.1. The molecule has 0 radical (unpaired) electrons. The molecule has 25 heavy (non-hydrogen) atoms. The predicted octanol–water partition coefficient (Wildman–Crippen LogP) is 5.38. The van der Waals surface area contributed by atoms with E-state index in [4.69, 9.17) is 0 Å². The number of quaternary nitrogens is 1. The van der Waals surface area contributed by atoms with Crippen LogP contribution >= 0.6 is 0 Å². The van der Waals surface area contributed by atoms with Crippen LogP contribution in [0.15, 0.2) is 12.1 Å². The van der Waals surface area contributed by atoms with E-state index < -0.39 is 0 Å². The van der Waals surface area contributed by atoms with Crippen molar-refractivity contribution in [3.63, 3.8) is 0 Å². The van der Waals surface area contributed by atoms with E-state index in [-0.39, 0.29) is 11.4 Å². The molecule has 0 bridgehead atoms. The highest BCUT2D eigenvalue weighted by Gasteiger charge is 2.63.